The zero-order valence-electron chi connectivity index (χ0n) is 9.99. The van der Waals surface area contributed by atoms with Crippen molar-refractivity contribution in [2.45, 2.75) is 33.1 Å². The standard InChI is InChI=1S/C11H21NO3S/c1-3-9(4-2)7-10(13)12-5-6-16-8-11(14)15/h9H,3-8H2,1-2H3,(H,12,13)(H,14,15). The molecule has 4 nitrogen and oxygen atoms in total. The Labute approximate surface area is 101 Å². The largest absolute Gasteiger partial charge is 0.481 e. The van der Waals surface area contributed by atoms with Crippen molar-refractivity contribution in [3.63, 3.8) is 0 Å². The predicted octanol–water partition coefficient (Wildman–Crippen LogP) is 1.75. The summed E-state index contributed by atoms with van der Waals surface area (Å²) in [4.78, 5) is 21.6. The van der Waals surface area contributed by atoms with Gasteiger partial charge in [-0.15, -0.1) is 11.8 Å². The van der Waals surface area contributed by atoms with Crippen LogP contribution in [0.15, 0.2) is 0 Å². The smallest absolute Gasteiger partial charge is 0.313 e. The van der Waals surface area contributed by atoms with Gasteiger partial charge in [0.15, 0.2) is 0 Å². The lowest BCUT2D eigenvalue weighted by atomic mass is 9.99. The number of nitrogens with one attached hydrogen (secondary N) is 1. The summed E-state index contributed by atoms with van der Waals surface area (Å²) in [5.41, 5.74) is 0. The maximum atomic E-state index is 11.4. The van der Waals surface area contributed by atoms with Crippen LogP contribution in [0.2, 0.25) is 0 Å². The van der Waals surface area contributed by atoms with Crippen LogP contribution in [0.4, 0.5) is 0 Å². The van der Waals surface area contributed by atoms with E-state index in [9.17, 15) is 9.59 Å². The average molecular weight is 247 g/mol. The second-order valence-corrected chi connectivity index (χ2v) is 4.79. The van der Waals surface area contributed by atoms with E-state index < -0.39 is 5.97 Å². The molecule has 0 saturated heterocycles. The Morgan fingerprint density at radius 1 is 1.31 bits per heavy atom. The van der Waals surface area contributed by atoms with Crippen LogP contribution in [0.5, 0.6) is 0 Å². The van der Waals surface area contributed by atoms with Crippen molar-refractivity contribution in [3.05, 3.63) is 0 Å². The van der Waals surface area contributed by atoms with E-state index in [1.807, 2.05) is 0 Å². The van der Waals surface area contributed by atoms with Crippen molar-refractivity contribution in [3.8, 4) is 0 Å². The molecule has 0 unspecified atom stereocenters. The Kier molecular flexibility index (Phi) is 9.09. The first kappa shape index (κ1) is 15.3. The second-order valence-electron chi connectivity index (χ2n) is 3.68. The van der Waals surface area contributed by atoms with Crippen LogP contribution >= 0.6 is 11.8 Å². The number of thioether (sulfide) groups is 1. The summed E-state index contributed by atoms with van der Waals surface area (Å²) in [5.74, 6) is 0.480. The minimum atomic E-state index is -0.812. The summed E-state index contributed by atoms with van der Waals surface area (Å²) in [6.45, 7) is 4.73. The number of rotatable bonds is 9. The predicted molar refractivity (Wildman–Crippen MR) is 66.7 cm³/mol. The third-order valence-corrected chi connectivity index (χ3v) is 3.37. The first-order valence-corrected chi connectivity index (χ1v) is 6.81. The highest BCUT2D eigenvalue weighted by atomic mass is 32.2. The van der Waals surface area contributed by atoms with Gasteiger partial charge in [-0.05, 0) is 5.92 Å². The van der Waals surface area contributed by atoms with Crippen molar-refractivity contribution >= 4 is 23.6 Å². The van der Waals surface area contributed by atoms with Crippen molar-refractivity contribution in [1.82, 2.24) is 5.32 Å². The molecule has 2 N–H and O–H groups in total. The summed E-state index contributed by atoms with van der Waals surface area (Å²) in [6, 6.07) is 0. The molecule has 5 heteroatoms. The minimum absolute atomic E-state index is 0.0737. The maximum absolute atomic E-state index is 11.4. The van der Waals surface area contributed by atoms with E-state index in [0.717, 1.165) is 12.8 Å². The zero-order valence-corrected chi connectivity index (χ0v) is 10.8. The molecule has 0 saturated carbocycles. The number of carbonyl (C=O) groups is 2. The number of aliphatic carboxylic acids is 1. The molecular formula is C11H21NO3S. The molecule has 0 aromatic carbocycles. The molecule has 0 fully saturated rings. The normalized spacial score (nSPS) is 10.4. The number of amides is 1. The lowest BCUT2D eigenvalue weighted by Gasteiger charge is -2.11. The quantitative estimate of drug-likeness (QED) is 0.609. The first-order valence-electron chi connectivity index (χ1n) is 5.66. The van der Waals surface area contributed by atoms with Gasteiger partial charge in [-0.2, -0.15) is 0 Å². The Morgan fingerprint density at radius 3 is 2.44 bits per heavy atom. The highest BCUT2D eigenvalue weighted by Gasteiger charge is 2.09. The van der Waals surface area contributed by atoms with Gasteiger partial charge in [0.25, 0.3) is 0 Å². The summed E-state index contributed by atoms with van der Waals surface area (Å²) >= 11 is 1.32. The molecule has 0 radical (unpaired) electrons. The number of hydrogen-bond acceptors (Lipinski definition) is 3. The summed E-state index contributed by atoms with van der Waals surface area (Å²) in [5, 5.41) is 11.2. The van der Waals surface area contributed by atoms with Crippen LogP contribution in [0.1, 0.15) is 33.1 Å². The van der Waals surface area contributed by atoms with Crippen LogP contribution in [0, 0.1) is 5.92 Å². The molecule has 0 aliphatic carbocycles. The van der Waals surface area contributed by atoms with Gasteiger partial charge in [0.05, 0.1) is 5.75 Å². The van der Waals surface area contributed by atoms with Gasteiger partial charge in [0.2, 0.25) is 5.91 Å². The van der Waals surface area contributed by atoms with Crippen LogP contribution in [0.25, 0.3) is 0 Å². The summed E-state index contributed by atoms with van der Waals surface area (Å²) < 4.78 is 0. The Hall–Kier alpha value is -0.710. The fourth-order valence-corrected chi connectivity index (χ4v) is 1.90. The topological polar surface area (TPSA) is 66.4 Å². The van der Waals surface area contributed by atoms with E-state index in [1.54, 1.807) is 0 Å². The second kappa shape index (κ2) is 9.51. The molecule has 0 aliphatic rings. The monoisotopic (exact) mass is 247 g/mol. The fraction of sp³-hybridized carbons (Fsp3) is 0.818. The van der Waals surface area contributed by atoms with E-state index in [0.29, 0.717) is 24.6 Å². The van der Waals surface area contributed by atoms with Crippen molar-refractivity contribution in [2.24, 2.45) is 5.92 Å². The van der Waals surface area contributed by atoms with Crippen LogP contribution in [-0.2, 0) is 9.59 Å². The van der Waals surface area contributed by atoms with Crippen LogP contribution in [0.3, 0.4) is 0 Å². The average Bonchev–Trinajstić information content (AvgIpc) is 2.25. The van der Waals surface area contributed by atoms with Gasteiger partial charge in [-0.1, -0.05) is 26.7 Å². The lowest BCUT2D eigenvalue weighted by molar-refractivity contribution is -0.133. The van der Waals surface area contributed by atoms with Crippen LogP contribution in [-0.4, -0.2) is 35.0 Å². The molecule has 0 bridgehead atoms. The lowest BCUT2D eigenvalue weighted by Crippen LogP contribution is -2.27. The molecular weight excluding hydrogens is 226 g/mol. The molecule has 1 amide bonds. The van der Waals surface area contributed by atoms with E-state index in [4.69, 9.17) is 5.11 Å². The molecule has 0 aromatic rings. The number of carboxylic acid groups (broad SMARTS) is 1. The summed E-state index contributed by atoms with van der Waals surface area (Å²) in [6.07, 6.45) is 2.63. The highest BCUT2D eigenvalue weighted by molar-refractivity contribution is 7.99. The maximum Gasteiger partial charge on any atom is 0.313 e. The molecule has 0 heterocycles. The van der Waals surface area contributed by atoms with Crippen LogP contribution < -0.4 is 5.32 Å². The van der Waals surface area contributed by atoms with Gasteiger partial charge in [-0.25, -0.2) is 0 Å². The molecule has 0 aromatic heterocycles. The zero-order chi connectivity index (χ0) is 12.4. The molecule has 0 spiro atoms. The SMILES string of the molecule is CCC(CC)CC(=O)NCCSCC(=O)O. The Bertz CT molecular complexity index is 217. The minimum Gasteiger partial charge on any atom is -0.481 e. The van der Waals surface area contributed by atoms with Crippen molar-refractivity contribution in [2.75, 3.05) is 18.1 Å². The third kappa shape index (κ3) is 8.59. The van der Waals surface area contributed by atoms with Gasteiger partial charge in [0.1, 0.15) is 0 Å². The van der Waals surface area contributed by atoms with Crippen molar-refractivity contribution in [1.29, 1.82) is 0 Å². The molecule has 0 atom stereocenters. The van der Waals surface area contributed by atoms with E-state index >= 15 is 0 Å². The van der Waals surface area contributed by atoms with Gasteiger partial charge in [-0.3, -0.25) is 9.59 Å². The van der Waals surface area contributed by atoms with Gasteiger partial charge < -0.3 is 10.4 Å². The molecule has 0 rings (SSSR count). The van der Waals surface area contributed by atoms with E-state index in [1.165, 1.54) is 11.8 Å². The van der Waals surface area contributed by atoms with E-state index in [2.05, 4.69) is 19.2 Å². The van der Waals surface area contributed by atoms with Crippen molar-refractivity contribution < 1.29 is 14.7 Å². The molecule has 94 valence electrons. The highest BCUT2D eigenvalue weighted by Crippen LogP contribution is 2.11. The molecule has 0 aliphatic heterocycles. The number of hydrogen-bond donors (Lipinski definition) is 2. The number of carbonyl (C=O) groups excluding carboxylic acids is 1. The van der Waals surface area contributed by atoms with E-state index in [-0.39, 0.29) is 11.7 Å². The Morgan fingerprint density at radius 2 is 1.94 bits per heavy atom. The first-order chi connectivity index (χ1) is 7.60. The Balaban J connectivity index is 3.46. The fourth-order valence-electron chi connectivity index (χ4n) is 1.33. The van der Waals surface area contributed by atoms with Gasteiger partial charge in [0, 0.05) is 18.7 Å². The number of carboxylic acids is 1. The third-order valence-electron chi connectivity index (χ3n) is 2.42. The summed E-state index contributed by atoms with van der Waals surface area (Å²) in [7, 11) is 0. The van der Waals surface area contributed by atoms with Gasteiger partial charge >= 0.3 is 5.97 Å². The molecule has 16 heavy (non-hydrogen) atoms.